The highest BCUT2D eigenvalue weighted by Gasteiger charge is 2.20. The first-order chi connectivity index (χ1) is 8.38. The van der Waals surface area contributed by atoms with Crippen molar-refractivity contribution in [2.75, 3.05) is 0 Å². The van der Waals surface area contributed by atoms with E-state index >= 15 is 0 Å². The molecule has 0 bridgehead atoms. The van der Waals surface area contributed by atoms with Gasteiger partial charge < -0.3 is 4.52 Å². The minimum absolute atomic E-state index is 0.0930. The summed E-state index contributed by atoms with van der Waals surface area (Å²) in [6, 6.07) is 8.48. The molecule has 0 unspecified atom stereocenters. The number of phosphoric acid groups is 1. The maximum Gasteiger partial charge on any atom is 0.524 e. The van der Waals surface area contributed by atoms with Crippen LogP contribution in [-0.4, -0.2) is 14.7 Å². The highest BCUT2D eigenvalue weighted by Crippen LogP contribution is 2.42. The van der Waals surface area contributed by atoms with Crippen molar-refractivity contribution in [3.05, 3.63) is 46.5 Å². The van der Waals surface area contributed by atoms with Gasteiger partial charge in [0.15, 0.2) is 0 Å². The Hall–Kier alpha value is -1.95. The number of hydrogen-bond donors (Lipinski definition) is 2. The van der Waals surface area contributed by atoms with E-state index in [2.05, 4.69) is 4.52 Å². The van der Waals surface area contributed by atoms with Crippen molar-refractivity contribution >= 4 is 24.3 Å². The molecule has 0 aliphatic heterocycles. The lowest BCUT2D eigenvalue weighted by Gasteiger charge is -2.09. The summed E-state index contributed by atoms with van der Waals surface area (Å²) < 4.78 is 15.3. The molecule has 0 atom stereocenters. The van der Waals surface area contributed by atoms with Gasteiger partial charge in [-0.1, -0.05) is 18.2 Å². The molecule has 2 N–H and O–H groups in total. The zero-order chi connectivity index (χ0) is 13.3. The quantitative estimate of drug-likeness (QED) is 0.502. The van der Waals surface area contributed by atoms with Gasteiger partial charge in [-0.2, -0.15) is 0 Å². The summed E-state index contributed by atoms with van der Waals surface area (Å²) in [7, 11) is -4.70. The molecule has 18 heavy (non-hydrogen) atoms. The van der Waals surface area contributed by atoms with Gasteiger partial charge in [0, 0.05) is 11.5 Å². The number of nitro benzene ring substituents is 1. The zero-order valence-electron chi connectivity index (χ0n) is 8.89. The summed E-state index contributed by atoms with van der Waals surface area (Å²) in [5.74, 6) is -0.0930. The summed E-state index contributed by atoms with van der Waals surface area (Å²) in [5.41, 5.74) is -0.149. The first-order valence-electron chi connectivity index (χ1n) is 4.80. The third-order valence-electron chi connectivity index (χ3n) is 2.28. The molecule has 8 heteroatoms. The van der Waals surface area contributed by atoms with Gasteiger partial charge in [0.2, 0.25) is 0 Å². The first-order valence-corrected chi connectivity index (χ1v) is 6.33. The average molecular weight is 269 g/mol. The monoisotopic (exact) mass is 269 g/mol. The van der Waals surface area contributed by atoms with Crippen LogP contribution in [0.1, 0.15) is 0 Å². The van der Waals surface area contributed by atoms with Crippen LogP contribution in [0.2, 0.25) is 0 Å². The van der Waals surface area contributed by atoms with Gasteiger partial charge in [0.25, 0.3) is 5.69 Å². The predicted molar refractivity (Wildman–Crippen MR) is 63.3 cm³/mol. The lowest BCUT2D eigenvalue weighted by Crippen LogP contribution is -1.94. The molecule has 0 spiro atoms. The van der Waals surface area contributed by atoms with Crippen LogP contribution >= 0.6 is 7.82 Å². The van der Waals surface area contributed by atoms with Crippen LogP contribution in [-0.2, 0) is 4.57 Å². The second-order valence-electron chi connectivity index (χ2n) is 3.47. The molecular weight excluding hydrogens is 261 g/mol. The molecule has 0 fully saturated rings. The van der Waals surface area contributed by atoms with Crippen molar-refractivity contribution in [3.63, 3.8) is 0 Å². The largest absolute Gasteiger partial charge is 0.524 e. The number of rotatable bonds is 3. The SMILES string of the molecule is O=[N+]([O-])c1ccc(OP(=O)(O)O)c2ccccc12. The minimum atomic E-state index is -4.70. The van der Waals surface area contributed by atoms with E-state index in [1.165, 1.54) is 18.2 Å². The van der Waals surface area contributed by atoms with Crippen LogP contribution in [0.3, 0.4) is 0 Å². The fraction of sp³-hybridized carbons (Fsp3) is 0. The molecule has 0 radical (unpaired) electrons. The molecular formula is C10H8NO6P. The van der Waals surface area contributed by atoms with E-state index in [1.807, 2.05) is 0 Å². The molecule has 2 aromatic carbocycles. The molecule has 2 rings (SSSR count). The van der Waals surface area contributed by atoms with Gasteiger partial charge in [-0.05, 0) is 12.1 Å². The highest BCUT2D eigenvalue weighted by molar-refractivity contribution is 7.46. The topological polar surface area (TPSA) is 110 Å². The van der Waals surface area contributed by atoms with Gasteiger partial charge >= 0.3 is 7.82 Å². The Kier molecular flexibility index (Phi) is 3.04. The fourth-order valence-corrected chi connectivity index (χ4v) is 2.04. The third-order valence-corrected chi connectivity index (χ3v) is 2.71. The summed E-state index contributed by atoms with van der Waals surface area (Å²) in [6.07, 6.45) is 0. The number of non-ortho nitro benzene ring substituents is 1. The van der Waals surface area contributed by atoms with E-state index in [4.69, 9.17) is 9.79 Å². The Labute approximate surface area is 101 Å². The number of fused-ring (bicyclic) bond motifs is 1. The lowest BCUT2D eigenvalue weighted by molar-refractivity contribution is -0.383. The maximum absolute atomic E-state index is 10.8. The maximum atomic E-state index is 10.8. The van der Waals surface area contributed by atoms with Gasteiger partial charge in [0.05, 0.1) is 10.3 Å². The van der Waals surface area contributed by atoms with Crippen LogP contribution in [0, 0.1) is 10.1 Å². The predicted octanol–water partition coefficient (Wildman–Crippen LogP) is 2.22. The summed E-state index contributed by atoms with van der Waals surface area (Å²) in [4.78, 5) is 27.8. The van der Waals surface area contributed by atoms with E-state index in [0.717, 1.165) is 6.07 Å². The first kappa shape index (κ1) is 12.5. The number of nitrogens with zero attached hydrogens (tertiary/aromatic N) is 1. The Morgan fingerprint density at radius 2 is 1.72 bits per heavy atom. The van der Waals surface area contributed by atoms with E-state index in [0.29, 0.717) is 0 Å². The number of hydrogen-bond acceptors (Lipinski definition) is 4. The lowest BCUT2D eigenvalue weighted by atomic mass is 10.1. The molecule has 2 aromatic rings. The summed E-state index contributed by atoms with van der Waals surface area (Å²) in [5, 5.41) is 11.4. The average Bonchev–Trinajstić information content (AvgIpc) is 2.27. The van der Waals surface area contributed by atoms with Gasteiger partial charge in [0.1, 0.15) is 5.75 Å². The normalized spacial score (nSPS) is 11.4. The van der Waals surface area contributed by atoms with E-state index in [9.17, 15) is 14.7 Å². The minimum Gasteiger partial charge on any atom is -0.404 e. The summed E-state index contributed by atoms with van der Waals surface area (Å²) >= 11 is 0. The molecule has 0 saturated carbocycles. The molecule has 0 aliphatic carbocycles. The molecule has 7 nitrogen and oxygen atoms in total. The highest BCUT2D eigenvalue weighted by atomic mass is 31.2. The Bertz CT molecular complexity index is 664. The second kappa shape index (κ2) is 4.38. The van der Waals surface area contributed by atoms with Crippen LogP contribution in [0.25, 0.3) is 10.8 Å². The number of nitro groups is 1. The van der Waals surface area contributed by atoms with Crippen molar-refractivity contribution in [3.8, 4) is 5.75 Å². The Morgan fingerprint density at radius 1 is 1.11 bits per heavy atom. The Balaban J connectivity index is 2.68. The van der Waals surface area contributed by atoms with Crippen LogP contribution in [0.5, 0.6) is 5.75 Å². The van der Waals surface area contributed by atoms with Crippen LogP contribution in [0.4, 0.5) is 5.69 Å². The van der Waals surface area contributed by atoms with E-state index in [1.54, 1.807) is 12.1 Å². The van der Waals surface area contributed by atoms with Crippen molar-refractivity contribution in [2.24, 2.45) is 0 Å². The Morgan fingerprint density at radius 3 is 2.28 bits per heavy atom. The van der Waals surface area contributed by atoms with Crippen molar-refractivity contribution in [1.29, 1.82) is 0 Å². The molecule has 0 aliphatic rings. The smallest absolute Gasteiger partial charge is 0.404 e. The van der Waals surface area contributed by atoms with Crippen molar-refractivity contribution < 1.29 is 23.8 Å². The van der Waals surface area contributed by atoms with Crippen molar-refractivity contribution in [2.45, 2.75) is 0 Å². The molecule has 0 heterocycles. The van der Waals surface area contributed by atoms with Gasteiger partial charge in [-0.25, -0.2) is 4.57 Å². The van der Waals surface area contributed by atoms with Crippen molar-refractivity contribution in [1.82, 2.24) is 0 Å². The van der Waals surface area contributed by atoms with E-state index < -0.39 is 12.7 Å². The van der Waals surface area contributed by atoms with Crippen LogP contribution in [0.15, 0.2) is 36.4 Å². The molecule has 0 aromatic heterocycles. The molecule has 94 valence electrons. The molecule has 0 amide bonds. The third kappa shape index (κ3) is 2.48. The standard InChI is InChI=1S/C10H8NO6P/c12-11(13)9-5-6-10(17-18(14,15)16)8-4-2-1-3-7(8)9/h1-6H,(H2,14,15,16). The van der Waals surface area contributed by atoms with Gasteiger partial charge in [-0.15, -0.1) is 0 Å². The zero-order valence-corrected chi connectivity index (χ0v) is 9.78. The summed E-state index contributed by atoms with van der Waals surface area (Å²) in [6.45, 7) is 0. The molecule has 0 saturated heterocycles. The second-order valence-corrected chi connectivity index (χ2v) is 4.63. The van der Waals surface area contributed by atoms with Crippen LogP contribution < -0.4 is 4.52 Å². The number of benzene rings is 2. The fourth-order valence-electron chi connectivity index (χ4n) is 1.62. The van der Waals surface area contributed by atoms with Gasteiger partial charge in [-0.3, -0.25) is 19.9 Å². The van der Waals surface area contributed by atoms with E-state index in [-0.39, 0.29) is 22.2 Å². The number of phosphoric ester groups is 1.